The molecule has 3 aromatic rings. The lowest BCUT2D eigenvalue weighted by atomic mass is 10.2. The Hall–Kier alpha value is -4.24. The number of nitrogens with one attached hydrogen (secondary N) is 1. The van der Waals surface area contributed by atoms with Gasteiger partial charge in [-0.3, -0.25) is 14.9 Å². The van der Waals surface area contributed by atoms with Crippen molar-refractivity contribution in [3.8, 4) is 11.5 Å². The number of aromatic nitrogens is 1. The lowest BCUT2D eigenvalue weighted by molar-refractivity contribution is -0.118. The summed E-state index contributed by atoms with van der Waals surface area (Å²) < 4.78 is 16.8. The molecule has 0 bridgehead atoms. The summed E-state index contributed by atoms with van der Waals surface area (Å²) in [5.74, 6) is -1.36. The van der Waals surface area contributed by atoms with Crippen LogP contribution in [-0.2, 0) is 22.7 Å². The number of imide groups is 1. The molecule has 35 heavy (non-hydrogen) atoms. The minimum Gasteiger partial charge on any atom is -0.491 e. The summed E-state index contributed by atoms with van der Waals surface area (Å²) >= 11 is 0. The molecule has 0 saturated heterocycles. The predicted molar refractivity (Wildman–Crippen MR) is 128 cm³/mol. The second-order valence-electron chi connectivity index (χ2n) is 7.81. The lowest BCUT2D eigenvalue weighted by Gasteiger charge is -2.13. The molecule has 1 heterocycles. The van der Waals surface area contributed by atoms with Crippen molar-refractivity contribution in [2.75, 3.05) is 6.54 Å². The zero-order valence-electron chi connectivity index (χ0n) is 19.5. The molecule has 182 valence electrons. The van der Waals surface area contributed by atoms with Gasteiger partial charge in [0, 0.05) is 6.20 Å². The van der Waals surface area contributed by atoms with Gasteiger partial charge in [-0.05, 0) is 43.2 Å². The van der Waals surface area contributed by atoms with Crippen LogP contribution >= 0.6 is 0 Å². The Bertz CT molecular complexity index is 1160. The van der Waals surface area contributed by atoms with E-state index in [1.807, 2.05) is 68.4 Å². The van der Waals surface area contributed by atoms with E-state index in [0.29, 0.717) is 5.75 Å². The van der Waals surface area contributed by atoms with Crippen LogP contribution in [0.2, 0.25) is 0 Å². The number of rotatable bonds is 10. The van der Waals surface area contributed by atoms with Crippen molar-refractivity contribution >= 4 is 17.8 Å². The molecule has 0 saturated carbocycles. The number of nitrogens with zero attached hydrogens (tertiary/aromatic N) is 1. The largest absolute Gasteiger partial charge is 0.491 e. The Morgan fingerprint density at radius 3 is 2.31 bits per heavy atom. The Kier molecular flexibility index (Phi) is 8.91. The van der Waals surface area contributed by atoms with E-state index in [-0.39, 0.29) is 42.9 Å². The average molecular weight is 478 g/mol. The Balaban J connectivity index is 1.77. The first-order valence-electron chi connectivity index (χ1n) is 11.0. The molecule has 3 N–H and O–H groups in total. The molecule has 2 aromatic carbocycles. The Morgan fingerprint density at radius 1 is 0.971 bits per heavy atom. The van der Waals surface area contributed by atoms with Gasteiger partial charge in [-0.25, -0.2) is 9.78 Å². The van der Waals surface area contributed by atoms with Gasteiger partial charge in [0.2, 0.25) is 5.91 Å². The molecule has 2 amide bonds. The molecule has 0 aliphatic heterocycles. The van der Waals surface area contributed by atoms with Crippen LogP contribution in [0.3, 0.4) is 0 Å². The number of amides is 2. The second-order valence-corrected chi connectivity index (χ2v) is 7.81. The number of carbonyl (C=O) groups excluding carboxylic acids is 3. The van der Waals surface area contributed by atoms with Crippen LogP contribution in [0.25, 0.3) is 0 Å². The van der Waals surface area contributed by atoms with Gasteiger partial charge in [0.15, 0.2) is 11.4 Å². The van der Waals surface area contributed by atoms with E-state index in [2.05, 4.69) is 10.3 Å². The molecular formula is C26H27N3O6. The number of hydrogen-bond acceptors (Lipinski definition) is 8. The van der Waals surface area contributed by atoms with Crippen molar-refractivity contribution in [3.63, 3.8) is 0 Å². The number of carbonyl (C=O) groups is 3. The molecule has 0 fully saturated rings. The number of esters is 1. The van der Waals surface area contributed by atoms with Crippen LogP contribution in [0.1, 0.15) is 45.8 Å². The fourth-order valence-corrected chi connectivity index (χ4v) is 2.98. The number of ether oxygens (including phenoxy) is 3. The highest BCUT2D eigenvalue weighted by Crippen LogP contribution is 2.22. The van der Waals surface area contributed by atoms with Crippen LogP contribution in [0.15, 0.2) is 66.9 Å². The van der Waals surface area contributed by atoms with E-state index in [0.717, 1.165) is 11.1 Å². The molecule has 0 aliphatic carbocycles. The molecule has 9 nitrogen and oxygen atoms in total. The van der Waals surface area contributed by atoms with E-state index >= 15 is 0 Å². The summed E-state index contributed by atoms with van der Waals surface area (Å²) in [6.45, 7) is 3.66. The third kappa shape index (κ3) is 7.65. The highest BCUT2D eigenvalue weighted by molar-refractivity contribution is 6.06. The molecule has 0 unspecified atom stereocenters. The number of nitrogens with two attached hydrogens (primary N) is 1. The van der Waals surface area contributed by atoms with Gasteiger partial charge < -0.3 is 19.9 Å². The fourth-order valence-electron chi connectivity index (χ4n) is 2.98. The molecule has 0 aliphatic rings. The van der Waals surface area contributed by atoms with Crippen LogP contribution < -0.4 is 20.5 Å². The Labute approximate surface area is 203 Å². The van der Waals surface area contributed by atoms with E-state index in [1.54, 1.807) is 0 Å². The Morgan fingerprint density at radius 2 is 1.66 bits per heavy atom. The maximum atomic E-state index is 12.6. The number of benzene rings is 2. The van der Waals surface area contributed by atoms with Crippen LogP contribution in [-0.4, -0.2) is 35.4 Å². The van der Waals surface area contributed by atoms with Gasteiger partial charge in [0.25, 0.3) is 5.91 Å². The van der Waals surface area contributed by atoms with Crippen molar-refractivity contribution < 1.29 is 28.6 Å². The summed E-state index contributed by atoms with van der Waals surface area (Å²) in [6, 6.07) is 17.8. The van der Waals surface area contributed by atoms with E-state index in [9.17, 15) is 14.4 Å². The summed E-state index contributed by atoms with van der Waals surface area (Å²) in [6.07, 6.45) is 1.24. The number of hydrogen-bond donors (Lipinski definition) is 2. The molecule has 9 heteroatoms. The van der Waals surface area contributed by atoms with E-state index < -0.39 is 17.8 Å². The minimum atomic E-state index is -0.791. The zero-order valence-corrected chi connectivity index (χ0v) is 19.5. The lowest BCUT2D eigenvalue weighted by Crippen LogP contribution is -2.36. The minimum absolute atomic E-state index is 0.0176. The molecular weight excluding hydrogens is 450 g/mol. The average Bonchev–Trinajstić information content (AvgIpc) is 2.86. The first-order chi connectivity index (χ1) is 16.9. The maximum absolute atomic E-state index is 12.6. The standard InChI is InChI=1S/C26H27N3O6/c1-17(2)35-21-10-8-19(9-11-21)15-33-22-12-20(14-28-24(22)25(31)29-23(30)13-27)26(32)34-16-18-6-4-3-5-7-18/h3-12,14,17H,13,15-16,27H2,1-2H3,(H,29,30,31). The van der Waals surface area contributed by atoms with E-state index in [4.69, 9.17) is 19.9 Å². The highest BCUT2D eigenvalue weighted by atomic mass is 16.5. The monoisotopic (exact) mass is 477 g/mol. The molecule has 0 radical (unpaired) electrons. The second kappa shape index (κ2) is 12.3. The molecule has 0 spiro atoms. The zero-order chi connectivity index (χ0) is 25.2. The normalized spacial score (nSPS) is 10.5. The maximum Gasteiger partial charge on any atom is 0.340 e. The number of pyridine rings is 1. The topological polar surface area (TPSA) is 130 Å². The third-order valence-corrected chi connectivity index (χ3v) is 4.64. The van der Waals surface area contributed by atoms with Gasteiger partial charge in [-0.15, -0.1) is 0 Å². The first kappa shape index (κ1) is 25.4. The van der Waals surface area contributed by atoms with Gasteiger partial charge in [0.05, 0.1) is 18.2 Å². The summed E-state index contributed by atoms with van der Waals surface area (Å²) in [5.41, 5.74) is 6.83. The molecule has 0 atom stereocenters. The third-order valence-electron chi connectivity index (χ3n) is 4.64. The van der Waals surface area contributed by atoms with Crippen molar-refractivity contribution in [2.45, 2.75) is 33.2 Å². The quantitative estimate of drug-likeness (QED) is 0.426. The van der Waals surface area contributed by atoms with Crippen molar-refractivity contribution in [1.82, 2.24) is 10.3 Å². The predicted octanol–water partition coefficient (Wildman–Crippen LogP) is 3.02. The van der Waals surface area contributed by atoms with Gasteiger partial charge in [-0.2, -0.15) is 0 Å². The fraction of sp³-hybridized carbons (Fsp3) is 0.231. The van der Waals surface area contributed by atoms with Crippen LogP contribution in [0, 0.1) is 0 Å². The van der Waals surface area contributed by atoms with Crippen molar-refractivity contribution in [3.05, 3.63) is 89.2 Å². The summed E-state index contributed by atoms with van der Waals surface area (Å²) in [5, 5.41) is 2.13. The molecule has 3 rings (SSSR count). The van der Waals surface area contributed by atoms with Gasteiger partial charge in [0.1, 0.15) is 19.0 Å². The smallest absolute Gasteiger partial charge is 0.340 e. The van der Waals surface area contributed by atoms with Crippen molar-refractivity contribution in [1.29, 1.82) is 0 Å². The van der Waals surface area contributed by atoms with Crippen LogP contribution in [0.4, 0.5) is 0 Å². The summed E-state index contributed by atoms with van der Waals surface area (Å²) in [4.78, 5) is 40.7. The highest BCUT2D eigenvalue weighted by Gasteiger charge is 2.20. The van der Waals surface area contributed by atoms with Gasteiger partial charge >= 0.3 is 5.97 Å². The SMILES string of the molecule is CC(C)Oc1ccc(COc2cc(C(=O)OCc3ccccc3)cnc2C(=O)NC(=O)CN)cc1. The first-order valence-corrected chi connectivity index (χ1v) is 11.0. The molecule has 1 aromatic heterocycles. The van der Waals surface area contributed by atoms with Crippen molar-refractivity contribution in [2.24, 2.45) is 5.73 Å². The van der Waals surface area contributed by atoms with Gasteiger partial charge in [-0.1, -0.05) is 42.5 Å². The van der Waals surface area contributed by atoms with Crippen LogP contribution in [0.5, 0.6) is 11.5 Å². The summed E-state index contributed by atoms with van der Waals surface area (Å²) in [7, 11) is 0. The van der Waals surface area contributed by atoms with E-state index in [1.165, 1.54) is 12.3 Å².